The zero-order chi connectivity index (χ0) is 10.4. The van der Waals surface area contributed by atoms with Gasteiger partial charge < -0.3 is 0 Å². The fourth-order valence-corrected chi connectivity index (χ4v) is 1.60. The minimum Gasteiger partial charge on any atom is -0.276 e. The topological polar surface area (TPSA) is 55.9 Å². The van der Waals surface area contributed by atoms with Crippen LogP contribution in [0.2, 0.25) is 0 Å². The van der Waals surface area contributed by atoms with Crippen LogP contribution in [0.5, 0.6) is 0 Å². The lowest BCUT2D eigenvalue weighted by atomic mass is 10.0. The lowest BCUT2D eigenvalue weighted by Crippen LogP contribution is -2.35. The molecule has 0 aliphatic heterocycles. The van der Waals surface area contributed by atoms with Gasteiger partial charge in [0.05, 0.1) is 6.20 Å². The second-order valence-corrected chi connectivity index (χ2v) is 3.71. The van der Waals surface area contributed by atoms with Gasteiger partial charge in [-0.3, -0.25) is 16.0 Å². The molecule has 0 spiro atoms. The van der Waals surface area contributed by atoms with Gasteiger partial charge in [0.25, 0.3) is 0 Å². The zero-order valence-electron chi connectivity index (χ0n) is 9.03. The van der Waals surface area contributed by atoms with E-state index >= 15 is 0 Å². The molecule has 0 amide bonds. The SMILES string of the molecule is CCCC(CCc1cnn(C)c1)NN. The number of hydrogen-bond donors (Lipinski definition) is 2. The molecule has 1 aromatic rings. The van der Waals surface area contributed by atoms with Gasteiger partial charge in [0, 0.05) is 19.3 Å². The van der Waals surface area contributed by atoms with Crippen molar-refractivity contribution in [3.63, 3.8) is 0 Å². The highest BCUT2D eigenvalue weighted by Crippen LogP contribution is 2.07. The Morgan fingerprint density at radius 3 is 2.86 bits per heavy atom. The fraction of sp³-hybridized carbons (Fsp3) is 0.700. The summed E-state index contributed by atoms with van der Waals surface area (Å²) in [5, 5.41) is 4.13. The molecule has 0 bridgehead atoms. The predicted molar refractivity (Wildman–Crippen MR) is 57.5 cm³/mol. The number of aryl methyl sites for hydroxylation is 2. The molecule has 0 fully saturated rings. The Morgan fingerprint density at radius 1 is 1.57 bits per heavy atom. The van der Waals surface area contributed by atoms with Crippen LogP contribution in [0.1, 0.15) is 31.7 Å². The number of hydrogen-bond acceptors (Lipinski definition) is 3. The van der Waals surface area contributed by atoms with Crippen molar-refractivity contribution in [3.8, 4) is 0 Å². The Morgan fingerprint density at radius 2 is 2.36 bits per heavy atom. The molecule has 1 unspecified atom stereocenters. The minimum absolute atomic E-state index is 0.431. The summed E-state index contributed by atoms with van der Waals surface area (Å²) in [6.07, 6.45) is 8.40. The average Bonchev–Trinajstić information content (AvgIpc) is 2.59. The van der Waals surface area contributed by atoms with E-state index in [4.69, 9.17) is 5.84 Å². The van der Waals surface area contributed by atoms with E-state index in [1.165, 1.54) is 12.0 Å². The van der Waals surface area contributed by atoms with Gasteiger partial charge in [-0.25, -0.2) is 0 Å². The van der Waals surface area contributed by atoms with E-state index in [1.54, 1.807) is 0 Å². The van der Waals surface area contributed by atoms with Crippen LogP contribution in [0.3, 0.4) is 0 Å². The molecule has 0 radical (unpaired) electrons. The molecule has 3 N–H and O–H groups in total. The van der Waals surface area contributed by atoms with Gasteiger partial charge >= 0.3 is 0 Å². The highest BCUT2D eigenvalue weighted by molar-refractivity contribution is 5.03. The predicted octanol–water partition coefficient (Wildman–Crippen LogP) is 0.985. The molecule has 4 heteroatoms. The third-order valence-electron chi connectivity index (χ3n) is 2.41. The van der Waals surface area contributed by atoms with E-state index in [0.717, 1.165) is 19.3 Å². The average molecular weight is 196 g/mol. The Balaban J connectivity index is 2.31. The summed E-state index contributed by atoms with van der Waals surface area (Å²) in [5.74, 6) is 5.46. The van der Waals surface area contributed by atoms with Crippen molar-refractivity contribution in [2.75, 3.05) is 0 Å². The second-order valence-electron chi connectivity index (χ2n) is 3.71. The van der Waals surface area contributed by atoms with Crippen LogP contribution >= 0.6 is 0 Å². The third-order valence-corrected chi connectivity index (χ3v) is 2.41. The molecule has 0 saturated heterocycles. The molecule has 0 aromatic carbocycles. The lowest BCUT2D eigenvalue weighted by molar-refractivity contribution is 0.459. The molecule has 0 aliphatic carbocycles. The van der Waals surface area contributed by atoms with Gasteiger partial charge in [0.15, 0.2) is 0 Å². The van der Waals surface area contributed by atoms with Gasteiger partial charge in [-0.05, 0) is 24.8 Å². The Hall–Kier alpha value is -0.870. The molecule has 4 nitrogen and oxygen atoms in total. The van der Waals surface area contributed by atoms with Crippen molar-refractivity contribution in [2.24, 2.45) is 12.9 Å². The first-order chi connectivity index (χ1) is 6.76. The number of aromatic nitrogens is 2. The summed E-state index contributed by atoms with van der Waals surface area (Å²) in [5.41, 5.74) is 4.13. The van der Waals surface area contributed by atoms with E-state index in [-0.39, 0.29) is 0 Å². The monoisotopic (exact) mass is 196 g/mol. The van der Waals surface area contributed by atoms with Gasteiger partial charge in [0.1, 0.15) is 0 Å². The molecule has 80 valence electrons. The number of hydrazine groups is 1. The molecule has 1 atom stereocenters. The van der Waals surface area contributed by atoms with E-state index in [1.807, 2.05) is 17.9 Å². The lowest BCUT2D eigenvalue weighted by Gasteiger charge is -2.13. The van der Waals surface area contributed by atoms with E-state index in [0.29, 0.717) is 6.04 Å². The summed E-state index contributed by atoms with van der Waals surface area (Å²) < 4.78 is 1.83. The van der Waals surface area contributed by atoms with Crippen LogP contribution in [0.4, 0.5) is 0 Å². The Kier molecular flexibility index (Phi) is 4.62. The Labute approximate surface area is 85.5 Å². The van der Waals surface area contributed by atoms with Gasteiger partial charge in [-0.2, -0.15) is 5.10 Å². The minimum atomic E-state index is 0.431. The number of nitrogens with zero attached hydrogens (tertiary/aromatic N) is 2. The summed E-state index contributed by atoms with van der Waals surface area (Å²) in [4.78, 5) is 0. The van der Waals surface area contributed by atoms with Crippen LogP contribution in [0.15, 0.2) is 12.4 Å². The molecular formula is C10H20N4. The number of rotatable bonds is 6. The van der Waals surface area contributed by atoms with Crippen LogP contribution in [-0.2, 0) is 13.5 Å². The molecule has 1 aromatic heterocycles. The first kappa shape index (κ1) is 11.2. The smallest absolute Gasteiger partial charge is 0.0521 e. The van der Waals surface area contributed by atoms with Gasteiger partial charge in [0.2, 0.25) is 0 Å². The van der Waals surface area contributed by atoms with Crippen LogP contribution in [-0.4, -0.2) is 15.8 Å². The molecule has 0 aliphatic rings. The highest BCUT2D eigenvalue weighted by atomic mass is 15.2. The summed E-state index contributed by atoms with van der Waals surface area (Å²) in [6.45, 7) is 2.18. The first-order valence-electron chi connectivity index (χ1n) is 5.20. The third kappa shape index (κ3) is 3.47. The maximum absolute atomic E-state index is 5.46. The molecule has 1 heterocycles. The maximum atomic E-state index is 5.46. The van der Waals surface area contributed by atoms with Crippen LogP contribution in [0, 0.1) is 0 Å². The van der Waals surface area contributed by atoms with Crippen molar-refractivity contribution in [3.05, 3.63) is 18.0 Å². The molecule has 14 heavy (non-hydrogen) atoms. The summed E-state index contributed by atoms with van der Waals surface area (Å²) in [6, 6.07) is 0.431. The van der Waals surface area contributed by atoms with Crippen LogP contribution in [0.25, 0.3) is 0 Å². The molecule has 1 rings (SSSR count). The van der Waals surface area contributed by atoms with Crippen molar-refractivity contribution in [1.29, 1.82) is 0 Å². The van der Waals surface area contributed by atoms with Crippen LogP contribution < -0.4 is 11.3 Å². The number of nitrogens with one attached hydrogen (secondary N) is 1. The van der Waals surface area contributed by atoms with E-state index < -0.39 is 0 Å². The van der Waals surface area contributed by atoms with E-state index in [9.17, 15) is 0 Å². The van der Waals surface area contributed by atoms with Gasteiger partial charge in [-0.15, -0.1) is 0 Å². The Bertz CT molecular complexity index is 256. The highest BCUT2D eigenvalue weighted by Gasteiger charge is 2.05. The first-order valence-corrected chi connectivity index (χ1v) is 5.20. The normalized spacial score (nSPS) is 13.1. The number of nitrogens with two attached hydrogens (primary N) is 1. The maximum Gasteiger partial charge on any atom is 0.0521 e. The largest absolute Gasteiger partial charge is 0.276 e. The molecular weight excluding hydrogens is 176 g/mol. The standard InChI is InChI=1S/C10H20N4/c1-3-4-10(13-11)6-5-9-7-12-14(2)8-9/h7-8,10,13H,3-6,11H2,1-2H3. The van der Waals surface area contributed by atoms with Crippen molar-refractivity contribution in [2.45, 2.75) is 38.6 Å². The van der Waals surface area contributed by atoms with E-state index in [2.05, 4.69) is 23.6 Å². The summed E-state index contributed by atoms with van der Waals surface area (Å²) >= 11 is 0. The van der Waals surface area contributed by atoms with Crippen molar-refractivity contribution >= 4 is 0 Å². The second kappa shape index (κ2) is 5.78. The quantitative estimate of drug-likeness (QED) is 0.527. The van der Waals surface area contributed by atoms with Gasteiger partial charge in [-0.1, -0.05) is 13.3 Å². The summed E-state index contributed by atoms with van der Waals surface area (Å²) in [7, 11) is 1.94. The van der Waals surface area contributed by atoms with Crippen molar-refractivity contribution < 1.29 is 0 Å². The fourth-order valence-electron chi connectivity index (χ4n) is 1.60. The molecule has 0 saturated carbocycles. The zero-order valence-corrected chi connectivity index (χ0v) is 9.03. The van der Waals surface area contributed by atoms with Crippen molar-refractivity contribution in [1.82, 2.24) is 15.2 Å².